The lowest BCUT2D eigenvalue weighted by molar-refractivity contribution is -0.398. The fourth-order valence-electron chi connectivity index (χ4n) is 12.4. The third-order valence-electron chi connectivity index (χ3n) is 13.8. The third kappa shape index (κ3) is 3.86. The molecule has 11 rings (SSSR count). The van der Waals surface area contributed by atoms with Gasteiger partial charge in [0.2, 0.25) is 0 Å². The molecule has 0 radical (unpaired) electrons. The van der Waals surface area contributed by atoms with E-state index in [1.54, 1.807) is 0 Å². The largest absolute Gasteiger partial charge is 0.462 e. The fraction of sp³-hybridized carbons (Fsp3) is 0.641. The minimum absolute atomic E-state index is 0.176. The number of benzene rings is 2. The molecule has 0 amide bonds. The van der Waals surface area contributed by atoms with Crippen molar-refractivity contribution in [1.82, 2.24) is 0 Å². The van der Waals surface area contributed by atoms with Crippen molar-refractivity contribution in [3.8, 4) is 0 Å². The van der Waals surface area contributed by atoms with Crippen LogP contribution in [0.25, 0.3) is 0 Å². The van der Waals surface area contributed by atoms with Crippen LogP contribution in [0.15, 0.2) is 48.5 Å². The molecule has 4 atom stereocenters. The summed E-state index contributed by atoms with van der Waals surface area (Å²) in [6.07, 6.45) is 15.9. The van der Waals surface area contributed by atoms with Crippen LogP contribution < -0.4 is 0 Å². The van der Waals surface area contributed by atoms with Gasteiger partial charge in [-0.1, -0.05) is 63.8 Å². The summed E-state index contributed by atoms with van der Waals surface area (Å²) < 4.78 is 11.1. The first-order valence-corrected chi connectivity index (χ1v) is 17.4. The van der Waals surface area contributed by atoms with Gasteiger partial charge in [-0.3, -0.25) is 0 Å². The molecule has 43 heavy (non-hydrogen) atoms. The van der Waals surface area contributed by atoms with Crippen LogP contribution in [-0.4, -0.2) is 25.2 Å². The number of hydrogen-bond donors (Lipinski definition) is 0. The minimum atomic E-state index is -0.176. The molecule has 9 aliphatic carbocycles. The van der Waals surface area contributed by atoms with Gasteiger partial charge in [0.1, 0.15) is 0 Å². The Bertz CT molecular complexity index is 1360. The molecular formula is C39H48O4. The van der Waals surface area contributed by atoms with Crippen molar-refractivity contribution in [2.45, 2.75) is 108 Å². The first kappa shape index (κ1) is 27.9. The predicted molar refractivity (Wildman–Crippen MR) is 167 cm³/mol. The van der Waals surface area contributed by atoms with E-state index in [1.165, 1.54) is 56.1 Å². The van der Waals surface area contributed by atoms with Crippen LogP contribution in [0.3, 0.4) is 0 Å². The van der Waals surface area contributed by atoms with Gasteiger partial charge in [0, 0.05) is 0 Å². The highest BCUT2D eigenvalue weighted by molar-refractivity contribution is 5.90. The van der Waals surface area contributed by atoms with Gasteiger partial charge in [-0.25, -0.2) is 9.59 Å². The molecule has 9 fully saturated rings. The van der Waals surface area contributed by atoms with E-state index in [0.29, 0.717) is 46.0 Å². The summed E-state index contributed by atoms with van der Waals surface area (Å²) in [7, 11) is 0. The molecule has 9 saturated carbocycles. The van der Waals surface area contributed by atoms with Gasteiger partial charge < -0.3 is 9.47 Å². The van der Waals surface area contributed by atoms with Crippen LogP contribution in [-0.2, 0) is 20.3 Å². The summed E-state index contributed by atoms with van der Waals surface area (Å²) >= 11 is 0. The third-order valence-corrected chi connectivity index (χ3v) is 13.8. The Hall–Kier alpha value is -2.62. The van der Waals surface area contributed by atoms with Gasteiger partial charge in [0.25, 0.3) is 0 Å². The number of carbonyl (C=O) groups is 2. The van der Waals surface area contributed by atoms with Gasteiger partial charge in [-0.05, 0) is 139 Å². The Labute approximate surface area is 257 Å². The van der Waals surface area contributed by atoms with E-state index in [4.69, 9.17) is 9.47 Å². The van der Waals surface area contributed by atoms with Crippen molar-refractivity contribution in [2.75, 3.05) is 13.2 Å². The SMILES string of the molecule is CCCCCOC(=O)c1ccc(C23CC4C56CC7(c8ccc(C(=O)OCCCCC)cc8)CC([C@H]5C2)[C@@H](C3)C4(C7)C6)cc1. The molecule has 0 aromatic heterocycles. The molecule has 0 N–H and O–H groups in total. The predicted octanol–water partition coefficient (Wildman–Crippen LogP) is 8.81. The second-order valence-electron chi connectivity index (χ2n) is 15.6. The molecule has 0 saturated heterocycles. The molecular weight excluding hydrogens is 532 g/mol. The Morgan fingerprint density at radius 1 is 0.628 bits per heavy atom. The van der Waals surface area contributed by atoms with E-state index in [0.717, 1.165) is 62.2 Å². The maximum Gasteiger partial charge on any atom is 0.338 e. The first-order valence-electron chi connectivity index (χ1n) is 17.4. The number of carbonyl (C=O) groups excluding carboxylic acids is 2. The number of unbranched alkanes of at least 4 members (excludes halogenated alkanes) is 4. The molecule has 2 aromatic carbocycles. The number of esters is 2. The molecule has 4 heteroatoms. The van der Waals surface area contributed by atoms with E-state index in [1.807, 2.05) is 24.3 Å². The molecule has 2 spiro atoms. The zero-order valence-corrected chi connectivity index (χ0v) is 26.2. The normalized spacial score (nSPS) is 38.7. The molecule has 0 aliphatic heterocycles. The summed E-state index contributed by atoms with van der Waals surface area (Å²) in [6.45, 7) is 5.37. The topological polar surface area (TPSA) is 52.6 Å². The molecule has 228 valence electrons. The average molecular weight is 581 g/mol. The zero-order valence-electron chi connectivity index (χ0n) is 26.2. The number of hydrogen-bond acceptors (Lipinski definition) is 4. The summed E-state index contributed by atoms with van der Waals surface area (Å²) in [5, 5.41) is 0. The molecule has 9 aliphatic rings. The fourth-order valence-corrected chi connectivity index (χ4v) is 12.4. The maximum absolute atomic E-state index is 12.6. The van der Waals surface area contributed by atoms with E-state index in [9.17, 15) is 9.59 Å². The van der Waals surface area contributed by atoms with Crippen molar-refractivity contribution >= 4 is 11.9 Å². The van der Waals surface area contributed by atoms with Crippen LogP contribution in [0.2, 0.25) is 0 Å². The monoisotopic (exact) mass is 580 g/mol. The molecule has 2 aromatic rings. The van der Waals surface area contributed by atoms with Gasteiger partial charge in [-0.15, -0.1) is 0 Å². The number of rotatable bonds is 12. The highest BCUT2D eigenvalue weighted by Gasteiger charge is 2.86. The minimum Gasteiger partial charge on any atom is -0.462 e. The van der Waals surface area contributed by atoms with E-state index >= 15 is 0 Å². The van der Waals surface area contributed by atoms with Gasteiger partial charge in [-0.2, -0.15) is 0 Å². The first-order chi connectivity index (χ1) is 20.9. The van der Waals surface area contributed by atoms with Crippen molar-refractivity contribution < 1.29 is 19.1 Å². The van der Waals surface area contributed by atoms with Gasteiger partial charge in [0.15, 0.2) is 0 Å². The highest BCUT2D eigenvalue weighted by atomic mass is 16.5. The van der Waals surface area contributed by atoms with Crippen molar-refractivity contribution in [3.63, 3.8) is 0 Å². The van der Waals surface area contributed by atoms with Crippen LogP contribution in [0.1, 0.15) is 129 Å². The summed E-state index contributed by atoms with van der Waals surface area (Å²) in [5.41, 5.74) is 6.00. The summed E-state index contributed by atoms with van der Waals surface area (Å²) in [4.78, 5) is 25.2. The Morgan fingerprint density at radius 2 is 1.12 bits per heavy atom. The lowest BCUT2D eigenvalue weighted by Gasteiger charge is -2.91. The van der Waals surface area contributed by atoms with Gasteiger partial charge >= 0.3 is 11.9 Å². The second-order valence-corrected chi connectivity index (χ2v) is 15.6. The molecule has 0 heterocycles. The second kappa shape index (κ2) is 9.94. The Morgan fingerprint density at radius 3 is 1.60 bits per heavy atom. The highest BCUT2D eigenvalue weighted by Crippen LogP contribution is 2.93. The molecule has 8 bridgehead atoms. The smallest absolute Gasteiger partial charge is 0.338 e. The average Bonchev–Trinajstić information content (AvgIpc) is 3.03. The number of ether oxygens (including phenoxy) is 2. The zero-order chi connectivity index (χ0) is 29.5. The maximum atomic E-state index is 12.6. The van der Waals surface area contributed by atoms with Gasteiger partial charge in [0.05, 0.1) is 24.3 Å². The van der Waals surface area contributed by atoms with Crippen molar-refractivity contribution in [3.05, 3.63) is 70.8 Å². The van der Waals surface area contributed by atoms with Crippen molar-refractivity contribution in [2.24, 2.45) is 34.5 Å². The van der Waals surface area contributed by atoms with E-state index in [2.05, 4.69) is 38.1 Å². The summed E-state index contributed by atoms with van der Waals surface area (Å²) in [6, 6.07) is 17.2. The quantitative estimate of drug-likeness (QED) is 0.186. The Kier molecular flexibility index (Phi) is 6.45. The lowest BCUT2D eigenvalue weighted by Crippen LogP contribution is -2.85. The standard InChI is InChI=1S/C39H48O4/c1-3-5-7-17-42-34(40)26-9-13-28(14-10-26)36-20-31-30-19-37(23-38(31)25-39(24-37,32(30)21-36)33(38)22-36)29-15-11-27(12-16-29)35(41)43-18-8-6-4-2/h9-16,30-33H,3-8,17-25H2,1-2H3/t30?,31-,32-,33?,36?,37?,38?,39?/m1/s1. The lowest BCUT2D eigenvalue weighted by atomic mass is 9.13. The Balaban J connectivity index is 0.987. The van der Waals surface area contributed by atoms with Crippen LogP contribution in [0, 0.1) is 34.5 Å². The van der Waals surface area contributed by atoms with Crippen LogP contribution in [0.4, 0.5) is 0 Å². The van der Waals surface area contributed by atoms with Crippen LogP contribution in [0.5, 0.6) is 0 Å². The van der Waals surface area contributed by atoms with E-state index in [-0.39, 0.29) is 11.9 Å². The van der Waals surface area contributed by atoms with Crippen molar-refractivity contribution in [1.29, 1.82) is 0 Å². The summed E-state index contributed by atoms with van der Waals surface area (Å²) in [5.74, 6) is 3.06. The van der Waals surface area contributed by atoms with Crippen LogP contribution >= 0.6 is 0 Å². The van der Waals surface area contributed by atoms with E-state index < -0.39 is 0 Å². The molecule has 4 nitrogen and oxygen atoms in total. The molecule has 2 unspecified atom stereocenters.